The van der Waals surface area contributed by atoms with Gasteiger partial charge in [0.15, 0.2) is 0 Å². The van der Waals surface area contributed by atoms with Crippen LogP contribution in [0, 0.1) is 0 Å². The van der Waals surface area contributed by atoms with Gasteiger partial charge in [-0.2, -0.15) is 0 Å². The van der Waals surface area contributed by atoms with E-state index in [4.69, 9.17) is 10.00 Å². The fourth-order valence-corrected chi connectivity index (χ4v) is 3.08. The van der Waals surface area contributed by atoms with Gasteiger partial charge in [-0.3, -0.25) is 4.57 Å². The van der Waals surface area contributed by atoms with Gasteiger partial charge in [-0.25, -0.2) is 0 Å². The van der Waals surface area contributed by atoms with Gasteiger partial charge in [-0.15, -0.1) is 0 Å². The molecule has 0 amide bonds. The summed E-state index contributed by atoms with van der Waals surface area (Å²) in [4.78, 5) is 17.4. The number of quaternary nitrogens is 1. The third-order valence-corrected chi connectivity index (χ3v) is 4.95. The summed E-state index contributed by atoms with van der Waals surface area (Å²) < 4.78 is 14.3. The summed E-state index contributed by atoms with van der Waals surface area (Å²) in [6, 6.07) is 0. The lowest BCUT2D eigenvalue weighted by molar-refractivity contribution is -0.890. The molecule has 26 heavy (non-hydrogen) atoms. The Bertz CT molecular complexity index is 334. The third kappa shape index (κ3) is 26.3. The van der Waals surface area contributed by atoms with Crippen molar-refractivity contribution in [3.05, 3.63) is 0 Å². The Morgan fingerprint density at radius 1 is 0.846 bits per heavy atom. The molecule has 0 aliphatic rings. The molecular formula is C19H44NO5P. The van der Waals surface area contributed by atoms with Gasteiger partial charge < -0.3 is 23.9 Å². The van der Waals surface area contributed by atoms with E-state index >= 15 is 0 Å². The summed E-state index contributed by atoms with van der Waals surface area (Å²) in [5.74, 6) is 0. The number of hydrogen-bond donors (Lipinski definition) is 2. The predicted molar refractivity (Wildman–Crippen MR) is 107 cm³/mol. The highest BCUT2D eigenvalue weighted by Crippen LogP contribution is 2.29. The second kappa shape index (κ2) is 18.4. The van der Waals surface area contributed by atoms with Gasteiger partial charge in [0.2, 0.25) is 0 Å². The highest BCUT2D eigenvalue weighted by Gasteiger charge is 2.12. The van der Waals surface area contributed by atoms with Crippen LogP contribution in [0.25, 0.3) is 0 Å². The number of hydrogen-bond acceptors (Lipinski definition) is 4. The van der Waals surface area contributed by atoms with E-state index in [1.807, 2.05) is 0 Å². The minimum absolute atomic E-state index is 0.0166. The van der Waals surface area contributed by atoms with Crippen LogP contribution in [0.1, 0.15) is 84.5 Å². The Hall–Kier alpha value is 0.0300. The van der Waals surface area contributed by atoms with Crippen molar-refractivity contribution in [3.63, 3.8) is 0 Å². The first-order chi connectivity index (χ1) is 12.2. The zero-order valence-corrected chi connectivity index (χ0v) is 18.5. The quantitative estimate of drug-likeness (QED) is 0.235. The average molecular weight is 398 g/mol. The van der Waals surface area contributed by atoms with Crippen molar-refractivity contribution in [2.75, 3.05) is 40.4 Å². The lowest BCUT2D eigenvalue weighted by atomic mass is 10.1. The van der Waals surface area contributed by atoms with Gasteiger partial charge in [0, 0.05) is 0 Å². The second-order valence-corrected chi connectivity index (χ2v) is 8.72. The molecule has 7 heteroatoms. The third-order valence-electron chi connectivity index (χ3n) is 4.36. The summed E-state index contributed by atoms with van der Waals surface area (Å²) >= 11 is 0. The molecule has 0 fully saturated rings. The average Bonchev–Trinajstić information content (AvgIpc) is 2.52. The molecule has 0 aromatic carbocycles. The van der Waals surface area contributed by atoms with Gasteiger partial charge in [0.1, 0.15) is 6.54 Å². The highest BCUT2D eigenvalue weighted by molar-refractivity contribution is 7.44. The summed E-state index contributed by atoms with van der Waals surface area (Å²) in [6.07, 6.45) is 15.5. The fourth-order valence-electron chi connectivity index (χ4n) is 2.75. The second-order valence-electron chi connectivity index (χ2n) is 7.53. The van der Waals surface area contributed by atoms with Crippen LogP contribution in [0.2, 0.25) is 0 Å². The van der Waals surface area contributed by atoms with Crippen molar-refractivity contribution in [2.24, 2.45) is 0 Å². The first-order valence-electron chi connectivity index (χ1n) is 10.3. The van der Waals surface area contributed by atoms with Crippen molar-refractivity contribution in [3.8, 4) is 0 Å². The highest BCUT2D eigenvalue weighted by atomic mass is 31.2. The zero-order valence-electron chi connectivity index (χ0n) is 17.6. The van der Waals surface area contributed by atoms with Crippen LogP contribution in [0.4, 0.5) is 0 Å². The lowest BCUT2D eigenvalue weighted by Crippen LogP contribution is -2.42. The van der Waals surface area contributed by atoms with Gasteiger partial charge in [0.05, 0.1) is 33.9 Å². The number of aliphatic hydroxyl groups is 1. The molecule has 0 heterocycles. The number of rotatable bonds is 16. The molecule has 0 aromatic rings. The maximum atomic E-state index is 9.59. The molecule has 0 saturated heterocycles. The Morgan fingerprint density at radius 3 is 1.58 bits per heavy atom. The van der Waals surface area contributed by atoms with Gasteiger partial charge in [0.25, 0.3) is 7.82 Å². The molecule has 0 bridgehead atoms. The molecule has 1 atom stereocenters. The Labute approximate surface area is 161 Å². The number of phosphoric ester groups is 1. The monoisotopic (exact) mass is 397 g/mol. The minimum atomic E-state index is -4.42. The Balaban J connectivity index is 0. The normalized spacial score (nSPS) is 13.8. The van der Waals surface area contributed by atoms with E-state index in [1.165, 1.54) is 84.1 Å². The number of aliphatic hydroxyl groups excluding tert-OH is 1. The van der Waals surface area contributed by atoms with Crippen LogP contribution in [-0.2, 0) is 9.09 Å². The van der Waals surface area contributed by atoms with Crippen LogP contribution in [0.5, 0.6) is 0 Å². The van der Waals surface area contributed by atoms with Crippen LogP contribution >= 0.6 is 7.82 Å². The van der Waals surface area contributed by atoms with Gasteiger partial charge >= 0.3 is 0 Å². The number of unbranched alkanes of at least 4 members (excludes halogenated alkanes) is 10. The molecule has 6 nitrogen and oxygen atoms in total. The van der Waals surface area contributed by atoms with E-state index in [2.05, 4.69) is 25.5 Å². The molecule has 1 unspecified atom stereocenters. The van der Waals surface area contributed by atoms with Gasteiger partial charge in [-0.1, -0.05) is 64.7 Å². The van der Waals surface area contributed by atoms with Crippen LogP contribution < -0.4 is 4.89 Å². The van der Waals surface area contributed by atoms with E-state index in [9.17, 15) is 9.46 Å². The SMILES string of the molecule is CCCCCCCCCCCCC[N+](C)(C)CCO.CCOP(=O)([O-])O. The zero-order chi connectivity index (χ0) is 20.3. The Kier molecular flexibility index (Phi) is 20.0. The molecule has 0 radical (unpaired) electrons. The van der Waals surface area contributed by atoms with Crippen LogP contribution in [-0.4, -0.2) is 54.9 Å². The Morgan fingerprint density at radius 2 is 1.27 bits per heavy atom. The number of likely N-dealkylation sites (N-methyl/N-ethyl adjacent to an activating group) is 1. The van der Waals surface area contributed by atoms with E-state index in [0.29, 0.717) is 6.61 Å². The molecule has 0 saturated carbocycles. The fraction of sp³-hybridized carbons (Fsp3) is 1.00. The van der Waals surface area contributed by atoms with Gasteiger partial charge in [-0.05, 0) is 19.8 Å². The van der Waals surface area contributed by atoms with E-state index < -0.39 is 7.82 Å². The van der Waals surface area contributed by atoms with Crippen molar-refractivity contribution >= 4 is 7.82 Å². The first-order valence-corrected chi connectivity index (χ1v) is 11.8. The van der Waals surface area contributed by atoms with Crippen molar-refractivity contribution in [2.45, 2.75) is 84.5 Å². The predicted octanol–water partition coefficient (Wildman–Crippen LogP) is 3.85. The van der Waals surface area contributed by atoms with E-state index in [-0.39, 0.29) is 6.61 Å². The molecule has 0 aromatic heterocycles. The first kappa shape index (κ1) is 28.2. The number of phosphoric acid groups is 1. The van der Waals surface area contributed by atoms with E-state index in [1.54, 1.807) is 0 Å². The summed E-state index contributed by atoms with van der Waals surface area (Å²) in [5, 5.41) is 8.96. The van der Waals surface area contributed by atoms with Crippen molar-refractivity contribution < 1.29 is 28.5 Å². The van der Waals surface area contributed by atoms with Crippen molar-refractivity contribution in [1.29, 1.82) is 0 Å². The molecule has 0 rings (SSSR count). The maximum absolute atomic E-state index is 9.59. The lowest BCUT2D eigenvalue weighted by Gasteiger charge is -2.28. The summed E-state index contributed by atoms with van der Waals surface area (Å²) in [5.41, 5.74) is 0. The largest absolute Gasteiger partial charge is 0.756 e. The number of nitrogens with zero attached hydrogens (tertiary/aromatic N) is 1. The summed E-state index contributed by atoms with van der Waals surface area (Å²) in [7, 11) is 0.0139. The molecule has 2 N–H and O–H groups in total. The molecule has 160 valence electrons. The molecule has 0 aliphatic carbocycles. The smallest absolute Gasteiger partial charge is 0.265 e. The standard InChI is InChI=1S/C17H38NO.C2H7O4P/c1-4-5-6-7-8-9-10-11-12-13-14-15-18(2,3)16-17-19;1-2-6-7(3,4)5/h19H,4-17H2,1-3H3;2H2,1H3,(H2,3,4,5)/q+1;/p-1. The summed E-state index contributed by atoms with van der Waals surface area (Å²) in [6.45, 7) is 6.14. The van der Waals surface area contributed by atoms with Crippen LogP contribution in [0.3, 0.4) is 0 Å². The van der Waals surface area contributed by atoms with Crippen molar-refractivity contribution in [1.82, 2.24) is 0 Å². The minimum Gasteiger partial charge on any atom is -0.756 e. The molecule has 0 aliphatic heterocycles. The maximum Gasteiger partial charge on any atom is 0.265 e. The van der Waals surface area contributed by atoms with E-state index in [0.717, 1.165) is 11.0 Å². The topological polar surface area (TPSA) is 89.8 Å². The molecular weight excluding hydrogens is 353 g/mol. The van der Waals surface area contributed by atoms with Crippen LogP contribution in [0.15, 0.2) is 0 Å². The molecule has 0 spiro atoms.